The lowest BCUT2D eigenvalue weighted by Crippen LogP contribution is -2.40. The number of fused-ring (bicyclic) bond motifs is 1. The molecule has 0 saturated carbocycles. The molecule has 0 bridgehead atoms. The van der Waals surface area contributed by atoms with Crippen molar-refractivity contribution in [2.75, 3.05) is 4.90 Å². The summed E-state index contributed by atoms with van der Waals surface area (Å²) in [5, 5.41) is 10.1. The number of carbonyl (C=O) groups is 3. The fraction of sp³-hybridized carbons (Fsp3) is 0.0476. The normalized spacial score (nSPS) is 13.5. The number of carboxylic acids is 1. The Morgan fingerprint density at radius 3 is 2.41 bits per heavy atom. The van der Waals surface area contributed by atoms with Crippen LogP contribution in [0, 0.1) is 0 Å². The number of amides is 2. The molecule has 0 fully saturated rings. The van der Waals surface area contributed by atoms with E-state index in [2.05, 4.69) is 4.98 Å². The molecule has 8 heteroatoms. The van der Waals surface area contributed by atoms with Gasteiger partial charge in [-0.15, -0.1) is 0 Å². The number of aromatic amines is 1. The summed E-state index contributed by atoms with van der Waals surface area (Å²) in [7, 11) is 1.59. The molecule has 0 spiro atoms. The summed E-state index contributed by atoms with van der Waals surface area (Å²) in [6.45, 7) is 0. The van der Waals surface area contributed by atoms with Gasteiger partial charge in [-0.1, -0.05) is 12.1 Å². The van der Waals surface area contributed by atoms with E-state index < -0.39 is 17.8 Å². The van der Waals surface area contributed by atoms with Crippen molar-refractivity contribution < 1.29 is 19.5 Å². The van der Waals surface area contributed by atoms with Gasteiger partial charge in [-0.2, -0.15) is 0 Å². The van der Waals surface area contributed by atoms with Crippen molar-refractivity contribution >= 4 is 45.3 Å². The lowest BCUT2D eigenvalue weighted by atomic mass is 9.91. The Morgan fingerprint density at radius 2 is 1.69 bits per heavy atom. The van der Waals surface area contributed by atoms with Crippen LogP contribution in [-0.2, 0) is 7.05 Å². The number of carboxylic acid groups (broad SMARTS) is 1. The van der Waals surface area contributed by atoms with E-state index in [1.807, 2.05) is 0 Å². The molecule has 0 atom stereocenters. The molecule has 2 N–H and O–H groups in total. The number of anilines is 1. The summed E-state index contributed by atoms with van der Waals surface area (Å²) >= 11 is 0. The van der Waals surface area contributed by atoms with Gasteiger partial charge < -0.3 is 10.1 Å². The minimum Gasteiger partial charge on any atom is -0.478 e. The van der Waals surface area contributed by atoms with Crippen LogP contribution in [-0.4, -0.2) is 32.4 Å². The van der Waals surface area contributed by atoms with E-state index in [1.165, 1.54) is 16.7 Å². The van der Waals surface area contributed by atoms with E-state index >= 15 is 0 Å². The maximum atomic E-state index is 13.2. The third-order valence-corrected chi connectivity index (χ3v) is 5.29. The number of hydrogen-bond acceptors (Lipinski definition) is 4. The number of hydrogen-bond donors (Lipinski definition) is 2. The van der Waals surface area contributed by atoms with Crippen LogP contribution in [0.4, 0.5) is 5.69 Å². The number of H-pyrrole nitrogens is 1. The molecule has 142 valence electrons. The molecule has 0 aliphatic carbocycles. The van der Waals surface area contributed by atoms with E-state index in [1.54, 1.807) is 43.4 Å². The monoisotopic (exact) mass is 387 g/mol. The summed E-state index contributed by atoms with van der Waals surface area (Å²) in [5.74, 6) is -2.22. The molecule has 3 aromatic carbocycles. The molecule has 2 heterocycles. The summed E-state index contributed by atoms with van der Waals surface area (Å²) in [5.41, 5.74) is 1.71. The van der Waals surface area contributed by atoms with Gasteiger partial charge in [0, 0.05) is 23.6 Å². The number of aromatic carboxylic acids is 1. The number of aryl methyl sites for hydroxylation is 1. The maximum absolute atomic E-state index is 13.2. The Morgan fingerprint density at radius 1 is 0.966 bits per heavy atom. The predicted octanol–water partition coefficient (Wildman–Crippen LogP) is 2.52. The van der Waals surface area contributed by atoms with Crippen molar-refractivity contribution in [3.05, 3.63) is 75.7 Å². The van der Waals surface area contributed by atoms with Crippen LogP contribution in [0.1, 0.15) is 31.1 Å². The van der Waals surface area contributed by atoms with Crippen molar-refractivity contribution in [1.82, 2.24) is 9.55 Å². The fourth-order valence-corrected chi connectivity index (χ4v) is 3.87. The Labute approximate surface area is 162 Å². The Hall–Kier alpha value is -4.20. The Bertz CT molecular complexity index is 1440. The second kappa shape index (κ2) is 5.65. The minimum atomic E-state index is -1.13. The van der Waals surface area contributed by atoms with Gasteiger partial charge in [0.2, 0.25) is 0 Å². The molecule has 5 rings (SSSR count). The molecule has 1 aromatic heterocycles. The van der Waals surface area contributed by atoms with Crippen molar-refractivity contribution in [2.24, 2.45) is 7.05 Å². The number of imidazole rings is 1. The molecule has 0 saturated heterocycles. The zero-order valence-electron chi connectivity index (χ0n) is 15.1. The van der Waals surface area contributed by atoms with Crippen LogP contribution in [0.5, 0.6) is 0 Å². The Balaban J connectivity index is 1.76. The van der Waals surface area contributed by atoms with E-state index in [-0.39, 0.29) is 22.4 Å². The zero-order valence-corrected chi connectivity index (χ0v) is 15.1. The molecular formula is C21H13N3O5. The van der Waals surface area contributed by atoms with Crippen LogP contribution >= 0.6 is 0 Å². The van der Waals surface area contributed by atoms with Gasteiger partial charge >= 0.3 is 11.7 Å². The average molecular weight is 387 g/mol. The average Bonchev–Trinajstić information content (AvgIpc) is 2.99. The first-order valence-corrected chi connectivity index (χ1v) is 8.75. The van der Waals surface area contributed by atoms with Gasteiger partial charge in [0.1, 0.15) is 0 Å². The molecule has 29 heavy (non-hydrogen) atoms. The van der Waals surface area contributed by atoms with Gasteiger partial charge in [0.05, 0.1) is 22.3 Å². The standard InChI is InChI=1S/C21H13N3O5/c1-23-16-9-10(5-8-15(16)22-21(23)29)24-18(25)13-4-2-3-11-12(20(27)28)6-7-14(17(11)13)19(24)26/h2-9H,1H3,(H,22,29)(H,27,28). The van der Waals surface area contributed by atoms with Crippen molar-refractivity contribution in [2.45, 2.75) is 0 Å². The number of rotatable bonds is 2. The highest BCUT2D eigenvalue weighted by molar-refractivity contribution is 6.36. The number of carbonyl (C=O) groups excluding carboxylic acids is 2. The van der Waals surface area contributed by atoms with Crippen LogP contribution < -0.4 is 10.6 Å². The summed E-state index contributed by atoms with van der Waals surface area (Å²) in [6, 6.07) is 12.4. The quantitative estimate of drug-likeness (QED) is 0.513. The molecule has 1 aliphatic rings. The highest BCUT2D eigenvalue weighted by Gasteiger charge is 2.35. The first-order valence-electron chi connectivity index (χ1n) is 8.75. The van der Waals surface area contributed by atoms with E-state index in [4.69, 9.17) is 0 Å². The lowest BCUT2D eigenvalue weighted by molar-refractivity contribution is 0.0697. The first-order chi connectivity index (χ1) is 13.9. The third-order valence-electron chi connectivity index (χ3n) is 5.29. The second-order valence-electron chi connectivity index (χ2n) is 6.83. The number of benzene rings is 3. The summed E-state index contributed by atoms with van der Waals surface area (Å²) in [6.07, 6.45) is 0. The Kier molecular flexibility index (Phi) is 3.30. The molecular weight excluding hydrogens is 374 g/mol. The molecule has 0 radical (unpaired) electrons. The maximum Gasteiger partial charge on any atom is 0.336 e. The van der Waals surface area contributed by atoms with E-state index in [9.17, 15) is 24.3 Å². The van der Waals surface area contributed by atoms with Crippen LogP contribution in [0.25, 0.3) is 21.8 Å². The SMILES string of the molecule is Cn1c(=O)[nH]c2ccc(N3C(=O)c4cccc5c(C(=O)O)ccc(c45)C3=O)cc21. The molecule has 1 aliphatic heterocycles. The van der Waals surface area contributed by atoms with Crippen LogP contribution in [0.3, 0.4) is 0 Å². The van der Waals surface area contributed by atoms with Gasteiger partial charge in [0.15, 0.2) is 0 Å². The van der Waals surface area contributed by atoms with Gasteiger partial charge in [0.25, 0.3) is 11.8 Å². The van der Waals surface area contributed by atoms with E-state index in [0.29, 0.717) is 27.5 Å². The van der Waals surface area contributed by atoms with Crippen molar-refractivity contribution in [1.29, 1.82) is 0 Å². The van der Waals surface area contributed by atoms with Crippen LogP contribution in [0.15, 0.2) is 53.3 Å². The van der Waals surface area contributed by atoms with Crippen molar-refractivity contribution in [3.8, 4) is 0 Å². The molecule has 8 nitrogen and oxygen atoms in total. The fourth-order valence-electron chi connectivity index (χ4n) is 3.87. The van der Waals surface area contributed by atoms with Gasteiger partial charge in [-0.05, 0) is 41.8 Å². The zero-order chi connectivity index (χ0) is 20.4. The smallest absolute Gasteiger partial charge is 0.336 e. The topological polar surface area (TPSA) is 112 Å². The molecule has 0 unspecified atom stereocenters. The summed E-state index contributed by atoms with van der Waals surface area (Å²) in [4.78, 5) is 53.5. The predicted molar refractivity (Wildman–Crippen MR) is 106 cm³/mol. The number of nitrogens with one attached hydrogen (secondary N) is 1. The third kappa shape index (κ3) is 2.19. The lowest BCUT2D eigenvalue weighted by Gasteiger charge is -2.27. The molecule has 4 aromatic rings. The highest BCUT2D eigenvalue weighted by atomic mass is 16.4. The van der Waals surface area contributed by atoms with E-state index in [0.717, 1.165) is 4.90 Å². The molecule has 2 amide bonds. The number of imide groups is 1. The summed E-state index contributed by atoms with van der Waals surface area (Å²) < 4.78 is 1.39. The minimum absolute atomic E-state index is 0.0309. The van der Waals surface area contributed by atoms with Crippen molar-refractivity contribution in [3.63, 3.8) is 0 Å². The van der Waals surface area contributed by atoms with Gasteiger partial charge in [-0.25, -0.2) is 14.5 Å². The van der Waals surface area contributed by atoms with Crippen LogP contribution in [0.2, 0.25) is 0 Å². The second-order valence-corrected chi connectivity index (χ2v) is 6.83. The largest absolute Gasteiger partial charge is 0.478 e. The van der Waals surface area contributed by atoms with Gasteiger partial charge in [-0.3, -0.25) is 14.2 Å². The highest BCUT2D eigenvalue weighted by Crippen LogP contribution is 2.35. The number of aromatic nitrogens is 2. The first kappa shape index (κ1) is 16.9. The number of nitrogens with zero attached hydrogens (tertiary/aromatic N) is 2.